The van der Waals surface area contributed by atoms with Crippen molar-refractivity contribution in [2.75, 3.05) is 7.11 Å². The largest absolute Gasteiger partial charge is 0.478 e. The normalized spacial score (nSPS) is 8.08. The van der Waals surface area contributed by atoms with Crippen LogP contribution in [-0.2, 0) is 30.5 Å². The van der Waals surface area contributed by atoms with Crippen LogP contribution >= 0.6 is 0 Å². The summed E-state index contributed by atoms with van der Waals surface area (Å²) in [5.74, 6) is -1.72. The number of hydrogen-bond donors (Lipinski definition) is 1. The van der Waals surface area contributed by atoms with E-state index < -0.39 is 5.97 Å². The van der Waals surface area contributed by atoms with Crippen molar-refractivity contribution in [1.29, 1.82) is 0 Å². The van der Waals surface area contributed by atoms with E-state index in [1.54, 1.807) is 6.92 Å². The molecule has 0 spiro atoms. The van der Waals surface area contributed by atoms with Crippen LogP contribution in [0.3, 0.4) is 0 Å². The first-order chi connectivity index (χ1) is 11.3. The molecule has 24 heavy (non-hydrogen) atoms. The molecule has 0 aromatic heterocycles. The molecule has 0 bridgehead atoms. The molecule has 0 aliphatic carbocycles. The van der Waals surface area contributed by atoms with Crippen LogP contribution in [0.1, 0.15) is 12.5 Å². The molecule has 130 valence electrons. The highest BCUT2D eigenvalue weighted by atomic mass is 16.5. The maximum absolute atomic E-state index is 10.6. The van der Waals surface area contributed by atoms with Gasteiger partial charge in [-0.1, -0.05) is 50.1 Å². The highest BCUT2D eigenvalue weighted by Gasteiger charge is 1.96. The lowest BCUT2D eigenvalue weighted by atomic mass is 10.2. The van der Waals surface area contributed by atoms with Crippen molar-refractivity contribution < 1.29 is 29.0 Å². The Morgan fingerprint density at radius 2 is 1.62 bits per heavy atom. The maximum atomic E-state index is 10.6. The standard InChI is InChI=1S/C10H10O2.C5H8O2.C3H4O2/c1-2-10(11)12-8-9-6-4-3-5-7-9;1-4(2)5(6)7-3;1-2-3(4)5/h2-7H,1,8H2;1H2,2-3H3;2H,1H2,(H,4,5). The topological polar surface area (TPSA) is 89.9 Å². The molecule has 0 aliphatic heterocycles. The number of rotatable bonds is 5. The summed E-state index contributed by atoms with van der Waals surface area (Å²) in [4.78, 5) is 30.1. The summed E-state index contributed by atoms with van der Waals surface area (Å²) in [5, 5.41) is 7.60. The number of ether oxygens (including phenoxy) is 2. The zero-order valence-electron chi connectivity index (χ0n) is 13.9. The molecular formula is C18H22O6. The van der Waals surface area contributed by atoms with Crippen LogP contribution < -0.4 is 0 Å². The average molecular weight is 334 g/mol. The highest BCUT2D eigenvalue weighted by molar-refractivity contribution is 5.86. The summed E-state index contributed by atoms with van der Waals surface area (Å²) in [6.45, 7) is 11.5. The van der Waals surface area contributed by atoms with Crippen LogP contribution in [0, 0.1) is 0 Å². The Hall–Kier alpha value is -3.15. The number of carbonyl (C=O) groups excluding carboxylic acids is 2. The van der Waals surface area contributed by atoms with Crippen LogP contribution in [0.2, 0.25) is 0 Å². The number of benzene rings is 1. The molecule has 0 aliphatic rings. The Bertz CT molecular complexity index is 560. The zero-order valence-corrected chi connectivity index (χ0v) is 13.9. The molecule has 6 heteroatoms. The lowest BCUT2D eigenvalue weighted by Gasteiger charge is -2.00. The molecule has 1 aromatic carbocycles. The van der Waals surface area contributed by atoms with Crippen molar-refractivity contribution in [3.05, 3.63) is 73.4 Å². The van der Waals surface area contributed by atoms with E-state index in [1.165, 1.54) is 7.11 Å². The van der Waals surface area contributed by atoms with Crippen molar-refractivity contribution >= 4 is 17.9 Å². The zero-order chi connectivity index (χ0) is 19.0. The summed E-state index contributed by atoms with van der Waals surface area (Å²) in [5.41, 5.74) is 1.41. The fourth-order valence-corrected chi connectivity index (χ4v) is 0.962. The van der Waals surface area contributed by atoms with Gasteiger partial charge in [-0.15, -0.1) is 0 Å². The van der Waals surface area contributed by atoms with Gasteiger partial charge in [-0.25, -0.2) is 14.4 Å². The lowest BCUT2D eigenvalue weighted by molar-refractivity contribution is -0.139. The van der Waals surface area contributed by atoms with E-state index in [0.29, 0.717) is 12.2 Å². The van der Waals surface area contributed by atoms with Gasteiger partial charge in [0.05, 0.1) is 7.11 Å². The predicted octanol–water partition coefficient (Wildman–Crippen LogP) is 2.91. The van der Waals surface area contributed by atoms with Gasteiger partial charge in [0.15, 0.2) is 0 Å². The Morgan fingerprint density at radius 3 is 1.92 bits per heavy atom. The van der Waals surface area contributed by atoms with Gasteiger partial charge in [0.2, 0.25) is 0 Å². The molecule has 0 saturated heterocycles. The van der Waals surface area contributed by atoms with Crippen LogP contribution in [-0.4, -0.2) is 30.1 Å². The minimum absolute atomic E-state index is 0.311. The van der Waals surface area contributed by atoms with E-state index in [2.05, 4.69) is 24.5 Å². The van der Waals surface area contributed by atoms with Crippen molar-refractivity contribution in [2.24, 2.45) is 0 Å². The SMILES string of the molecule is C=C(C)C(=O)OC.C=CC(=O)O.C=CC(=O)OCc1ccccc1. The van der Waals surface area contributed by atoms with E-state index >= 15 is 0 Å². The monoisotopic (exact) mass is 334 g/mol. The van der Waals surface area contributed by atoms with Crippen molar-refractivity contribution in [2.45, 2.75) is 13.5 Å². The van der Waals surface area contributed by atoms with E-state index in [1.807, 2.05) is 30.3 Å². The molecule has 0 amide bonds. The van der Waals surface area contributed by atoms with E-state index in [9.17, 15) is 14.4 Å². The number of aliphatic carboxylic acids is 1. The predicted molar refractivity (Wildman–Crippen MR) is 91.1 cm³/mol. The Kier molecular flexibility index (Phi) is 14.2. The van der Waals surface area contributed by atoms with Crippen LogP contribution in [0.25, 0.3) is 0 Å². The Morgan fingerprint density at radius 1 is 1.12 bits per heavy atom. The van der Waals surface area contributed by atoms with E-state index in [4.69, 9.17) is 9.84 Å². The number of methoxy groups -OCH3 is 1. The van der Waals surface area contributed by atoms with Gasteiger partial charge in [-0.3, -0.25) is 0 Å². The number of hydrogen-bond acceptors (Lipinski definition) is 5. The van der Waals surface area contributed by atoms with Gasteiger partial charge >= 0.3 is 17.9 Å². The second-order valence-corrected chi connectivity index (χ2v) is 4.11. The second-order valence-electron chi connectivity index (χ2n) is 4.11. The van der Waals surface area contributed by atoms with Crippen molar-refractivity contribution in [3.63, 3.8) is 0 Å². The third kappa shape index (κ3) is 15.2. The number of esters is 2. The number of carboxylic acid groups (broad SMARTS) is 1. The van der Waals surface area contributed by atoms with Gasteiger partial charge < -0.3 is 14.6 Å². The fourth-order valence-electron chi connectivity index (χ4n) is 0.962. The van der Waals surface area contributed by atoms with Gasteiger partial charge in [-0.2, -0.15) is 0 Å². The van der Waals surface area contributed by atoms with Gasteiger partial charge in [0, 0.05) is 17.7 Å². The Labute approximate surface area is 141 Å². The highest BCUT2D eigenvalue weighted by Crippen LogP contribution is 2.00. The summed E-state index contributed by atoms with van der Waals surface area (Å²) in [7, 11) is 1.33. The molecule has 1 N–H and O–H groups in total. The Balaban J connectivity index is 0. The first-order valence-electron chi connectivity index (χ1n) is 6.70. The molecule has 0 atom stereocenters. The third-order valence-electron chi connectivity index (χ3n) is 2.10. The summed E-state index contributed by atoms with van der Waals surface area (Å²) in [6, 6.07) is 9.51. The molecule has 6 nitrogen and oxygen atoms in total. The molecule has 0 fully saturated rings. The molecule has 0 heterocycles. The lowest BCUT2D eigenvalue weighted by Crippen LogP contribution is -1.99. The molecule has 1 aromatic rings. The van der Waals surface area contributed by atoms with Crippen molar-refractivity contribution in [3.8, 4) is 0 Å². The van der Waals surface area contributed by atoms with E-state index in [-0.39, 0.29) is 11.9 Å². The summed E-state index contributed by atoms with van der Waals surface area (Å²) >= 11 is 0. The molecule has 0 saturated carbocycles. The number of carboxylic acids is 1. The average Bonchev–Trinajstić information content (AvgIpc) is 2.60. The van der Waals surface area contributed by atoms with Crippen LogP contribution in [0.4, 0.5) is 0 Å². The maximum Gasteiger partial charge on any atom is 0.332 e. The second kappa shape index (κ2) is 14.8. The first-order valence-corrected chi connectivity index (χ1v) is 6.70. The quantitative estimate of drug-likeness (QED) is 0.658. The molecular weight excluding hydrogens is 312 g/mol. The van der Waals surface area contributed by atoms with Gasteiger partial charge in [0.25, 0.3) is 0 Å². The summed E-state index contributed by atoms with van der Waals surface area (Å²) < 4.78 is 9.09. The van der Waals surface area contributed by atoms with E-state index in [0.717, 1.165) is 17.7 Å². The minimum Gasteiger partial charge on any atom is -0.478 e. The minimum atomic E-state index is -0.981. The first kappa shape index (κ1) is 23.1. The molecule has 0 unspecified atom stereocenters. The fraction of sp³-hybridized carbons (Fsp3) is 0.167. The number of carbonyl (C=O) groups is 3. The van der Waals surface area contributed by atoms with Gasteiger partial charge in [0.1, 0.15) is 6.61 Å². The van der Waals surface area contributed by atoms with Crippen LogP contribution in [0.5, 0.6) is 0 Å². The molecule has 1 rings (SSSR count). The van der Waals surface area contributed by atoms with Gasteiger partial charge in [-0.05, 0) is 12.5 Å². The summed E-state index contributed by atoms with van der Waals surface area (Å²) in [6.07, 6.45) is 1.99. The third-order valence-corrected chi connectivity index (χ3v) is 2.10. The van der Waals surface area contributed by atoms with Crippen molar-refractivity contribution in [1.82, 2.24) is 0 Å². The molecule has 0 radical (unpaired) electrons. The van der Waals surface area contributed by atoms with Crippen LogP contribution in [0.15, 0.2) is 67.8 Å². The smallest absolute Gasteiger partial charge is 0.332 e.